The van der Waals surface area contributed by atoms with Crippen LogP contribution in [0.4, 0.5) is 5.69 Å². The number of ether oxygens (including phenoxy) is 1. The Hall–Kier alpha value is -1.18. The van der Waals surface area contributed by atoms with Gasteiger partial charge in [-0.25, -0.2) is 0 Å². The minimum Gasteiger partial charge on any atom is -0.490 e. The minimum absolute atomic E-state index is 0. The van der Waals surface area contributed by atoms with Gasteiger partial charge in [-0.05, 0) is 24.6 Å². The van der Waals surface area contributed by atoms with Crippen molar-refractivity contribution in [2.45, 2.75) is 14.4 Å². The van der Waals surface area contributed by atoms with Crippen LogP contribution < -0.4 is 10.1 Å². The van der Waals surface area contributed by atoms with Crippen molar-refractivity contribution in [2.24, 2.45) is 0 Å². The standard InChI is InChI=1S/C9H11NO.CH4/c1-7-2-3-8-9(6-7)11-5-4-10-8;/h2-3,6,10H,4-5H2,1H3;1H4. The Kier molecular flexibility index (Phi) is 2.58. The van der Waals surface area contributed by atoms with E-state index < -0.39 is 0 Å². The van der Waals surface area contributed by atoms with Crippen molar-refractivity contribution in [2.75, 3.05) is 18.5 Å². The van der Waals surface area contributed by atoms with Crippen LogP contribution in [0.3, 0.4) is 0 Å². The third-order valence-corrected chi connectivity index (χ3v) is 1.81. The Bertz CT molecular complexity index is 271. The van der Waals surface area contributed by atoms with Gasteiger partial charge in [0.05, 0.1) is 5.69 Å². The molecular weight excluding hydrogens is 150 g/mol. The summed E-state index contributed by atoms with van der Waals surface area (Å²) in [7, 11) is 0. The fourth-order valence-electron chi connectivity index (χ4n) is 1.24. The van der Waals surface area contributed by atoms with Crippen LogP contribution in [0.15, 0.2) is 18.2 Å². The second kappa shape index (κ2) is 3.48. The van der Waals surface area contributed by atoms with Gasteiger partial charge in [0.1, 0.15) is 12.4 Å². The number of anilines is 1. The highest BCUT2D eigenvalue weighted by Crippen LogP contribution is 2.27. The van der Waals surface area contributed by atoms with Crippen molar-refractivity contribution in [3.05, 3.63) is 23.8 Å². The van der Waals surface area contributed by atoms with E-state index in [0.29, 0.717) is 0 Å². The Balaban J connectivity index is 0.000000720. The maximum absolute atomic E-state index is 5.44. The van der Waals surface area contributed by atoms with E-state index in [1.54, 1.807) is 0 Å². The Morgan fingerprint density at radius 2 is 2.25 bits per heavy atom. The zero-order chi connectivity index (χ0) is 7.68. The summed E-state index contributed by atoms with van der Waals surface area (Å²) < 4.78 is 5.44. The molecule has 0 radical (unpaired) electrons. The Labute approximate surface area is 73.6 Å². The van der Waals surface area contributed by atoms with Gasteiger partial charge in [-0.15, -0.1) is 0 Å². The van der Waals surface area contributed by atoms with E-state index in [1.165, 1.54) is 5.56 Å². The van der Waals surface area contributed by atoms with Crippen LogP contribution in [-0.4, -0.2) is 13.2 Å². The second-order valence-electron chi connectivity index (χ2n) is 2.77. The van der Waals surface area contributed by atoms with Crippen LogP contribution in [0, 0.1) is 6.92 Å². The number of nitrogens with one attached hydrogen (secondary N) is 1. The highest BCUT2D eigenvalue weighted by Gasteiger charge is 2.07. The first-order valence-corrected chi connectivity index (χ1v) is 3.83. The van der Waals surface area contributed by atoms with Gasteiger partial charge in [-0.1, -0.05) is 13.5 Å². The average molecular weight is 165 g/mol. The fourth-order valence-corrected chi connectivity index (χ4v) is 1.24. The summed E-state index contributed by atoms with van der Waals surface area (Å²) in [6.07, 6.45) is 0. The summed E-state index contributed by atoms with van der Waals surface area (Å²) >= 11 is 0. The van der Waals surface area contributed by atoms with E-state index in [4.69, 9.17) is 4.74 Å². The first kappa shape index (κ1) is 8.91. The van der Waals surface area contributed by atoms with Gasteiger partial charge < -0.3 is 10.1 Å². The van der Waals surface area contributed by atoms with Gasteiger partial charge in [-0.3, -0.25) is 0 Å². The highest BCUT2D eigenvalue weighted by molar-refractivity contribution is 5.58. The molecule has 2 nitrogen and oxygen atoms in total. The smallest absolute Gasteiger partial charge is 0.142 e. The molecule has 1 N–H and O–H groups in total. The molecule has 0 amide bonds. The first-order valence-electron chi connectivity index (χ1n) is 3.83. The van der Waals surface area contributed by atoms with Crippen LogP contribution in [0.25, 0.3) is 0 Å². The minimum atomic E-state index is 0. The molecule has 1 aliphatic rings. The van der Waals surface area contributed by atoms with E-state index in [-0.39, 0.29) is 7.43 Å². The quantitative estimate of drug-likeness (QED) is 0.637. The molecule has 2 heteroatoms. The predicted octanol–water partition coefficient (Wildman–Crippen LogP) is 2.44. The van der Waals surface area contributed by atoms with Gasteiger partial charge in [0.2, 0.25) is 0 Å². The molecule has 1 aliphatic heterocycles. The number of rotatable bonds is 0. The monoisotopic (exact) mass is 165 g/mol. The molecule has 0 saturated carbocycles. The molecule has 0 bridgehead atoms. The largest absolute Gasteiger partial charge is 0.490 e. The SMILES string of the molecule is C.Cc1ccc2c(c1)OCCN2. The lowest BCUT2D eigenvalue weighted by Gasteiger charge is -2.18. The number of aryl methyl sites for hydroxylation is 1. The van der Waals surface area contributed by atoms with Crippen molar-refractivity contribution in [1.82, 2.24) is 0 Å². The van der Waals surface area contributed by atoms with Crippen molar-refractivity contribution in [1.29, 1.82) is 0 Å². The number of fused-ring (bicyclic) bond motifs is 1. The van der Waals surface area contributed by atoms with Crippen molar-refractivity contribution >= 4 is 5.69 Å². The second-order valence-corrected chi connectivity index (χ2v) is 2.77. The molecule has 66 valence electrons. The van der Waals surface area contributed by atoms with Crippen LogP contribution in [0.1, 0.15) is 13.0 Å². The molecule has 0 saturated heterocycles. The van der Waals surface area contributed by atoms with E-state index >= 15 is 0 Å². The molecular formula is C10H15NO. The van der Waals surface area contributed by atoms with E-state index in [1.807, 2.05) is 0 Å². The fraction of sp³-hybridized carbons (Fsp3) is 0.400. The number of hydrogen-bond donors (Lipinski definition) is 1. The molecule has 12 heavy (non-hydrogen) atoms. The van der Waals surface area contributed by atoms with Crippen LogP contribution >= 0.6 is 0 Å². The zero-order valence-electron chi connectivity index (χ0n) is 6.55. The lowest BCUT2D eigenvalue weighted by molar-refractivity contribution is 0.323. The van der Waals surface area contributed by atoms with E-state index in [2.05, 4.69) is 30.4 Å². The molecule has 0 atom stereocenters. The van der Waals surface area contributed by atoms with Gasteiger partial charge >= 0.3 is 0 Å². The third-order valence-electron chi connectivity index (χ3n) is 1.81. The van der Waals surface area contributed by atoms with Gasteiger partial charge in [0, 0.05) is 6.54 Å². The molecule has 1 aromatic rings. The Morgan fingerprint density at radius 3 is 3.08 bits per heavy atom. The van der Waals surface area contributed by atoms with Crippen molar-refractivity contribution in [3.63, 3.8) is 0 Å². The molecule has 1 heterocycles. The average Bonchev–Trinajstić information content (AvgIpc) is 2.04. The molecule has 0 unspecified atom stereocenters. The zero-order valence-corrected chi connectivity index (χ0v) is 6.55. The molecule has 0 aliphatic carbocycles. The molecule has 0 spiro atoms. The summed E-state index contributed by atoms with van der Waals surface area (Å²) in [5, 5.41) is 3.26. The van der Waals surface area contributed by atoms with Gasteiger partial charge in [-0.2, -0.15) is 0 Å². The summed E-state index contributed by atoms with van der Waals surface area (Å²) in [6, 6.07) is 6.20. The Morgan fingerprint density at radius 1 is 1.42 bits per heavy atom. The highest BCUT2D eigenvalue weighted by atomic mass is 16.5. The number of hydrogen-bond acceptors (Lipinski definition) is 2. The molecule has 2 rings (SSSR count). The molecule has 1 aromatic carbocycles. The summed E-state index contributed by atoms with van der Waals surface area (Å²) in [4.78, 5) is 0. The van der Waals surface area contributed by atoms with Gasteiger partial charge in [0.15, 0.2) is 0 Å². The third kappa shape index (κ3) is 1.52. The summed E-state index contributed by atoms with van der Waals surface area (Å²) in [5.41, 5.74) is 2.36. The van der Waals surface area contributed by atoms with Crippen molar-refractivity contribution < 1.29 is 4.74 Å². The first-order chi connectivity index (χ1) is 5.36. The van der Waals surface area contributed by atoms with Crippen LogP contribution in [0.2, 0.25) is 0 Å². The number of benzene rings is 1. The van der Waals surface area contributed by atoms with Crippen LogP contribution in [-0.2, 0) is 0 Å². The van der Waals surface area contributed by atoms with Gasteiger partial charge in [0.25, 0.3) is 0 Å². The molecule has 0 fully saturated rings. The van der Waals surface area contributed by atoms with Crippen LogP contribution in [0.5, 0.6) is 5.75 Å². The normalized spacial score (nSPS) is 13.4. The summed E-state index contributed by atoms with van der Waals surface area (Å²) in [6.45, 7) is 3.75. The van der Waals surface area contributed by atoms with E-state index in [0.717, 1.165) is 24.6 Å². The predicted molar refractivity (Wildman–Crippen MR) is 51.9 cm³/mol. The maximum atomic E-state index is 5.44. The topological polar surface area (TPSA) is 21.3 Å². The maximum Gasteiger partial charge on any atom is 0.142 e. The lowest BCUT2D eigenvalue weighted by atomic mass is 10.2. The lowest BCUT2D eigenvalue weighted by Crippen LogP contribution is -2.17. The summed E-state index contributed by atoms with van der Waals surface area (Å²) in [5.74, 6) is 0.983. The van der Waals surface area contributed by atoms with E-state index in [9.17, 15) is 0 Å². The molecule has 0 aromatic heterocycles. The van der Waals surface area contributed by atoms with Crippen molar-refractivity contribution in [3.8, 4) is 5.75 Å².